The molecule has 0 bridgehead atoms. The average molecular weight is 221 g/mol. The van der Waals surface area contributed by atoms with Gasteiger partial charge in [0.15, 0.2) is 0 Å². The Morgan fingerprint density at radius 1 is 1.53 bits per heavy atom. The van der Waals surface area contributed by atoms with Gasteiger partial charge in [-0.2, -0.15) is 5.10 Å². The van der Waals surface area contributed by atoms with Crippen LogP contribution in [0.25, 0.3) is 11.2 Å². The Morgan fingerprint density at radius 3 is 3.07 bits per heavy atom. The molecule has 0 atom stereocenters. The molecule has 0 aliphatic carbocycles. The summed E-state index contributed by atoms with van der Waals surface area (Å²) in [5, 5.41) is 11.4. The highest BCUT2D eigenvalue weighted by Crippen LogP contribution is 2.19. The topological polar surface area (TPSA) is 67.2 Å². The summed E-state index contributed by atoms with van der Waals surface area (Å²) in [6.07, 6.45) is 4.48. The summed E-state index contributed by atoms with van der Waals surface area (Å²) < 4.78 is 1.70. The Hall–Kier alpha value is -1.81. The molecule has 15 heavy (non-hydrogen) atoms. The third kappa shape index (κ3) is 1.59. The van der Waals surface area contributed by atoms with E-state index in [1.165, 1.54) is 0 Å². The first kappa shape index (κ1) is 9.73. The zero-order valence-corrected chi connectivity index (χ0v) is 8.57. The summed E-state index contributed by atoms with van der Waals surface area (Å²) in [7, 11) is 0. The van der Waals surface area contributed by atoms with Crippen LogP contribution in [0.15, 0.2) is 35.6 Å². The van der Waals surface area contributed by atoms with Crippen molar-refractivity contribution in [2.24, 2.45) is 5.73 Å². The summed E-state index contributed by atoms with van der Waals surface area (Å²) >= 11 is 5.78. The van der Waals surface area contributed by atoms with Crippen LogP contribution in [0, 0.1) is 5.41 Å². The second kappa shape index (κ2) is 3.74. The first-order valence-corrected chi connectivity index (χ1v) is 4.70. The molecule has 4 nitrogen and oxygen atoms in total. The normalized spacial score (nSPS) is 12.6. The highest BCUT2D eigenvalue weighted by atomic mass is 35.5. The van der Waals surface area contributed by atoms with Gasteiger partial charge in [0.25, 0.3) is 0 Å². The fraction of sp³-hybridized carbons (Fsp3) is 0. The number of halogens is 1. The summed E-state index contributed by atoms with van der Waals surface area (Å²) in [6, 6.07) is 5.66. The van der Waals surface area contributed by atoms with Gasteiger partial charge < -0.3 is 11.1 Å². The fourth-order valence-electron chi connectivity index (χ4n) is 1.35. The van der Waals surface area contributed by atoms with Crippen LogP contribution in [0.5, 0.6) is 0 Å². The Balaban J connectivity index is 2.68. The van der Waals surface area contributed by atoms with E-state index >= 15 is 0 Å². The molecule has 5 heteroatoms. The molecule has 0 saturated heterocycles. The molecule has 0 saturated carbocycles. The molecule has 2 heterocycles. The average Bonchev–Trinajstić information content (AvgIpc) is 2.70. The van der Waals surface area contributed by atoms with Gasteiger partial charge in [0.1, 0.15) is 0 Å². The maximum Gasteiger partial charge on any atom is 0.0818 e. The maximum atomic E-state index is 7.03. The highest BCUT2D eigenvalue weighted by molar-refractivity contribution is 6.42. The molecule has 0 fully saturated rings. The number of fused-ring (bicyclic) bond motifs is 1. The molecule has 76 valence electrons. The van der Waals surface area contributed by atoms with E-state index in [0.29, 0.717) is 5.70 Å². The minimum atomic E-state index is 0.216. The zero-order valence-electron chi connectivity index (χ0n) is 7.81. The SMILES string of the molecule is N=C/C(Cl)=C(\N)c1cnn2ccccc12. The summed E-state index contributed by atoms with van der Waals surface area (Å²) in [5.74, 6) is 0. The highest BCUT2D eigenvalue weighted by Gasteiger charge is 2.08. The van der Waals surface area contributed by atoms with Crippen LogP contribution in [0.1, 0.15) is 5.56 Å². The van der Waals surface area contributed by atoms with Crippen LogP contribution in [0.4, 0.5) is 0 Å². The van der Waals surface area contributed by atoms with Crippen molar-refractivity contribution >= 4 is 29.0 Å². The maximum absolute atomic E-state index is 7.03. The number of hydrogen-bond donors (Lipinski definition) is 2. The van der Waals surface area contributed by atoms with E-state index in [-0.39, 0.29) is 5.03 Å². The molecule has 0 aliphatic rings. The first-order valence-electron chi connectivity index (χ1n) is 4.32. The van der Waals surface area contributed by atoms with E-state index in [4.69, 9.17) is 22.7 Å². The fourth-order valence-corrected chi connectivity index (χ4v) is 1.45. The largest absolute Gasteiger partial charge is 0.397 e. The van der Waals surface area contributed by atoms with E-state index in [0.717, 1.165) is 17.3 Å². The lowest BCUT2D eigenvalue weighted by Gasteiger charge is -1.99. The van der Waals surface area contributed by atoms with Crippen LogP contribution >= 0.6 is 11.6 Å². The van der Waals surface area contributed by atoms with Crippen molar-refractivity contribution in [3.63, 3.8) is 0 Å². The van der Waals surface area contributed by atoms with Gasteiger partial charge in [-0.3, -0.25) is 0 Å². The number of nitrogens with two attached hydrogens (primary N) is 1. The van der Waals surface area contributed by atoms with E-state index in [2.05, 4.69) is 5.10 Å². The predicted octanol–water partition coefficient (Wildman–Crippen LogP) is 1.85. The van der Waals surface area contributed by atoms with E-state index in [1.54, 1.807) is 10.7 Å². The van der Waals surface area contributed by atoms with Gasteiger partial charge >= 0.3 is 0 Å². The lowest BCUT2D eigenvalue weighted by molar-refractivity contribution is 0.961. The Bertz CT molecular complexity index is 541. The number of nitrogens with one attached hydrogen (secondary N) is 1. The second-order valence-electron chi connectivity index (χ2n) is 2.99. The zero-order chi connectivity index (χ0) is 10.8. The number of hydrogen-bond acceptors (Lipinski definition) is 3. The Kier molecular flexibility index (Phi) is 2.43. The second-order valence-corrected chi connectivity index (χ2v) is 3.40. The standard InChI is InChI=1S/C10H9ClN4/c11-8(5-12)10(13)7-6-14-15-4-2-1-3-9(7)15/h1-6,12H,13H2/b10-8+,12-5?. The Labute approximate surface area is 91.5 Å². The molecule has 3 N–H and O–H groups in total. The van der Waals surface area contributed by atoms with Crippen molar-refractivity contribution in [1.29, 1.82) is 5.41 Å². The smallest absolute Gasteiger partial charge is 0.0818 e. The molecular formula is C10H9ClN4. The van der Waals surface area contributed by atoms with Gasteiger partial charge in [-0.15, -0.1) is 0 Å². The summed E-state index contributed by atoms with van der Waals surface area (Å²) in [6.45, 7) is 0. The monoisotopic (exact) mass is 220 g/mol. The minimum absolute atomic E-state index is 0.216. The van der Waals surface area contributed by atoms with Crippen molar-refractivity contribution in [3.05, 3.63) is 41.2 Å². The van der Waals surface area contributed by atoms with Gasteiger partial charge in [-0.1, -0.05) is 17.7 Å². The van der Waals surface area contributed by atoms with Crippen molar-refractivity contribution in [2.45, 2.75) is 0 Å². The lowest BCUT2D eigenvalue weighted by Crippen LogP contribution is -1.99. The third-order valence-electron chi connectivity index (χ3n) is 2.10. The van der Waals surface area contributed by atoms with Crippen LogP contribution in [-0.4, -0.2) is 15.8 Å². The number of pyridine rings is 1. The molecule has 0 radical (unpaired) electrons. The van der Waals surface area contributed by atoms with E-state index < -0.39 is 0 Å². The molecule has 2 rings (SSSR count). The molecule has 0 aromatic carbocycles. The van der Waals surface area contributed by atoms with Crippen molar-refractivity contribution in [2.75, 3.05) is 0 Å². The van der Waals surface area contributed by atoms with Crippen molar-refractivity contribution < 1.29 is 0 Å². The number of rotatable bonds is 2. The summed E-state index contributed by atoms with van der Waals surface area (Å²) in [4.78, 5) is 0. The van der Waals surface area contributed by atoms with E-state index in [1.807, 2.05) is 24.4 Å². The molecule has 0 spiro atoms. The quantitative estimate of drug-likeness (QED) is 0.759. The van der Waals surface area contributed by atoms with Crippen LogP contribution in [0.2, 0.25) is 0 Å². The lowest BCUT2D eigenvalue weighted by atomic mass is 10.2. The predicted molar refractivity (Wildman–Crippen MR) is 60.9 cm³/mol. The summed E-state index contributed by atoms with van der Waals surface area (Å²) in [5.41, 5.74) is 7.78. The molecule has 0 amide bonds. The van der Waals surface area contributed by atoms with Crippen LogP contribution < -0.4 is 5.73 Å². The van der Waals surface area contributed by atoms with Crippen molar-refractivity contribution in [3.8, 4) is 0 Å². The van der Waals surface area contributed by atoms with Crippen LogP contribution in [-0.2, 0) is 0 Å². The van der Waals surface area contributed by atoms with Gasteiger partial charge in [0.05, 0.1) is 22.4 Å². The minimum Gasteiger partial charge on any atom is -0.397 e. The number of allylic oxidation sites excluding steroid dienone is 1. The molecular weight excluding hydrogens is 212 g/mol. The Morgan fingerprint density at radius 2 is 2.33 bits per heavy atom. The molecule has 0 aliphatic heterocycles. The van der Waals surface area contributed by atoms with Crippen molar-refractivity contribution in [1.82, 2.24) is 9.61 Å². The molecule has 2 aromatic rings. The van der Waals surface area contributed by atoms with Gasteiger partial charge in [-0.05, 0) is 12.1 Å². The molecule has 2 aromatic heterocycles. The van der Waals surface area contributed by atoms with Gasteiger partial charge in [-0.25, -0.2) is 4.52 Å². The van der Waals surface area contributed by atoms with Crippen LogP contribution in [0.3, 0.4) is 0 Å². The van der Waals surface area contributed by atoms with Gasteiger partial charge in [0.2, 0.25) is 0 Å². The van der Waals surface area contributed by atoms with E-state index in [9.17, 15) is 0 Å². The molecule has 0 unspecified atom stereocenters. The third-order valence-corrected chi connectivity index (χ3v) is 2.41. The number of nitrogens with zero attached hydrogens (tertiary/aromatic N) is 2. The number of aromatic nitrogens is 2. The first-order chi connectivity index (χ1) is 7.24. The van der Waals surface area contributed by atoms with Gasteiger partial charge in [0, 0.05) is 18.0 Å².